The lowest BCUT2D eigenvalue weighted by atomic mass is 10.2. The number of anilines is 1. The van der Waals surface area contributed by atoms with Gasteiger partial charge in [0.1, 0.15) is 5.76 Å². The van der Waals surface area contributed by atoms with E-state index in [4.69, 9.17) is 14.6 Å². The molecule has 7 heteroatoms. The highest BCUT2D eigenvalue weighted by Crippen LogP contribution is 2.35. The van der Waals surface area contributed by atoms with E-state index in [9.17, 15) is 9.59 Å². The molecule has 0 bridgehead atoms. The Morgan fingerprint density at radius 3 is 2.71 bits per heavy atom. The Kier molecular flexibility index (Phi) is 4.52. The molecule has 1 aromatic carbocycles. The van der Waals surface area contributed by atoms with Crippen molar-refractivity contribution in [2.24, 2.45) is 0 Å². The zero-order valence-electron chi connectivity index (χ0n) is 12.8. The average molecular weight is 342 g/mol. The van der Waals surface area contributed by atoms with Gasteiger partial charge in [-0.1, -0.05) is 0 Å². The number of hydrogen-bond acceptors (Lipinski definition) is 6. The monoisotopic (exact) mass is 342 g/mol. The van der Waals surface area contributed by atoms with Crippen LogP contribution in [-0.4, -0.2) is 23.7 Å². The van der Waals surface area contributed by atoms with Crippen molar-refractivity contribution >= 4 is 40.6 Å². The molecule has 122 valence electrons. The van der Waals surface area contributed by atoms with Crippen LogP contribution < -0.4 is 4.90 Å². The molecule has 6 nitrogen and oxygen atoms in total. The zero-order chi connectivity index (χ0) is 17.1. The summed E-state index contributed by atoms with van der Waals surface area (Å²) in [4.78, 5) is 25.9. The van der Waals surface area contributed by atoms with Crippen LogP contribution >= 0.6 is 11.8 Å². The molecule has 0 radical (unpaired) electrons. The van der Waals surface area contributed by atoms with E-state index in [0.29, 0.717) is 28.5 Å². The van der Waals surface area contributed by atoms with Gasteiger partial charge in [-0.15, -0.1) is 0 Å². The van der Waals surface area contributed by atoms with E-state index < -0.39 is 5.97 Å². The first-order valence-electron chi connectivity index (χ1n) is 7.23. The minimum atomic E-state index is -0.417. The van der Waals surface area contributed by atoms with Crippen LogP contribution in [0.15, 0.2) is 52.0 Å². The zero-order valence-corrected chi connectivity index (χ0v) is 13.6. The Balaban J connectivity index is 1.83. The Morgan fingerprint density at radius 2 is 2.08 bits per heavy atom. The fourth-order valence-electron chi connectivity index (χ4n) is 2.19. The Morgan fingerprint density at radius 1 is 1.33 bits per heavy atom. The highest BCUT2D eigenvalue weighted by atomic mass is 32.2. The first kappa shape index (κ1) is 16.1. The number of carbonyl (C=O) groups is 2. The van der Waals surface area contributed by atoms with E-state index in [1.807, 2.05) is 0 Å². The molecule has 0 atom stereocenters. The highest BCUT2D eigenvalue weighted by molar-refractivity contribution is 8.19. The maximum atomic E-state index is 12.5. The lowest BCUT2D eigenvalue weighted by Crippen LogP contribution is -2.28. The highest BCUT2D eigenvalue weighted by Gasteiger charge is 2.33. The van der Waals surface area contributed by atoms with Crippen molar-refractivity contribution in [1.29, 1.82) is 5.41 Å². The average Bonchev–Trinajstić information content (AvgIpc) is 3.17. The minimum absolute atomic E-state index is 0.0988. The number of furan rings is 1. The number of amidine groups is 1. The maximum absolute atomic E-state index is 12.5. The van der Waals surface area contributed by atoms with E-state index in [1.54, 1.807) is 49.4 Å². The summed E-state index contributed by atoms with van der Waals surface area (Å²) in [5.74, 6) is -0.164. The summed E-state index contributed by atoms with van der Waals surface area (Å²) in [5, 5.41) is 8.14. The van der Waals surface area contributed by atoms with Gasteiger partial charge in [-0.05, 0) is 55.1 Å². The van der Waals surface area contributed by atoms with Crippen LogP contribution in [0.2, 0.25) is 0 Å². The predicted molar refractivity (Wildman–Crippen MR) is 91.9 cm³/mol. The summed E-state index contributed by atoms with van der Waals surface area (Å²) in [5.41, 5.74) is 0.922. The van der Waals surface area contributed by atoms with Gasteiger partial charge in [-0.2, -0.15) is 0 Å². The van der Waals surface area contributed by atoms with Crippen LogP contribution in [0, 0.1) is 5.41 Å². The lowest BCUT2D eigenvalue weighted by molar-refractivity contribution is -0.113. The van der Waals surface area contributed by atoms with Crippen LogP contribution in [-0.2, 0) is 9.53 Å². The second-order valence-electron chi connectivity index (χ2n) is 4.84. The number of nitrogens with one attached hydrogen (secondary N) is 1. The number of esters is 1. The van der Waals surface area contributed by atoms with Crippen LogP contribution in [0.3, 0.4) is 0 Å². The summed E-state index contributed by atoms with van der Waals surface area (Å²) in [6, 6.07) is 9.86. The van der Waals surface area contributed by atoms with Crippen molar-refractivity contribution in [3.63, 3.8) is 0 Å². The van der Waals surface area contributed by atoms with Gasteiger partial charge in [0.2, 0.25) is 0 Å². The topological polar surface area (TPSA) is 83.6 Å². The largest absolute Gasteiger partial charge is 0.465 e. The van der Waals surface area contributed by atoms with Crippen molar-refractivity contribution < 1.29 is 18.7 Å². The third-order valence-corrected chi connectivity index (χ3v) is 4.17. The first-order chi connectivity index (χ1) is 11.6. The predicted octanol–water partition coefficient (Wildman–Crippen LogP) is 3.51. The second kappa shape index (κ2) is 6.76. The number of rotatable bonds is 4. The second-order valence-corrected chi connectivity index (χ2v) is 5.87. The molecule has 0 spiro atoms. The number of nitrogens with zero attached hydrogens (tertiary/aromatic N) is 1. The lowest BCUT2D eigenvalue weighted by Gasteiger charge is -2.14. The van der Waals surface area contributed by atoms with Gasteiger partial charge < -0.3 is 9.15 Å². The van der Waals surface area contributed by atoms with Crippen LogP contribution in [0.4, 0.5) is 5.69 Å². The molecule has 1 aliphatic rings. The molecular weight excluding hydrogens is 328 g/mol. The van der Waals surface area contributed by atoms with Gasteiger partial charge in [-0.3, -0.25) is 15.1 Å². The Hall–Kier alpha value is -2.80. The molecule has 0 unspecified atom stereocenters. The van der Waals surface area contributed by atoms with E-state index >= 15 is 0 Å². The Labute approximate surface area is 142 Å². The summed E-state index contributed by atoms with van der Waals surface area (Å²) < 4.78 is 10.1. The summed E-state index contributed by atoms with van der Waals surface area (Å²) in [7, 11) is 0. The van der Waals surface area contributed by atoms with Crippen LogP contribution in [0.1, 0.15) is 23.0 Å². The van der Waals surface area contributed by atoms with Crippen molar-refractivity contribution in [3.05, 3.63) is 58.9 Å². The number of hydrogen-bond donors (Lipinski definition) is 1. The van der Waals surface area contributed by atoms with E-state index in [0.717, 1.165) is 11.8 Å². The van der Waals surface area contributed by atoms with Gasteiger partial charge in [-0.25, -0.2) is 4.79 Å². The molecule has 1 amide bonds. The normalized spacial score (nSPS) is 16.0. The molecule has 1 aliphatic heterocycles. The smallest absolute Gasteiger partial charge is 0.338 e. The molecule has 2 aromatic rings. The standard InChI is InChI=1S/C17H14N2O4S/c1-2-22-16(21)11-5-7-12(8-6-11)19-15(20)14(24-17(19)18)10-13-4-3-9-23-13/h3-10,18H,2H2,1H3/b14-10-,18-17?. The van der Waals surface area contributed by atoms with Gasteiger partial charge in [0.15, 0.2) is 5.17 Å². The molecule has 1 N–H and O–H groups in total. The SMILES string of the molecule is CCOC(=O)c1ccc(N2C(=N)S/C(=C\c3ccco3)C2=O)cc1. The summed E-state index contributed by atoms with van der Waals surface area (Å²) >= 11 is 1.06. The van der Waals surface area contributed by atoms with E-state index in [1.165, 1.54) is 11.2 Å². The minimum Gasteiger partial charge on any atom is -0.465 e. The molecular formula is C17H14N2O4S. The number of thioether (sulfide) groups is 1. The molecule has 24 heavy (non-hydrogen) atoms. The fourth-order valence-corrected chi connectivity index (χ4v) is 3.03. The molecule has 1 fully saturated rings. The number of carbonyl (C=O) groups excluding carboxylic acids is 2. The quantitative estimate of drug-likeness (QED) is 0.679. The maximum Gasteiger partial charge on any atom is 0.338 e. The molecule has 0 aliphatic carbocycles. The fraction of sp³-hybridized carbons (Fsp3) is 0.118. The van der Waals surface area contributed by atoms with Gasteiger partial charge >= 0.3 is 5.97 Å². The first-order valence-corrected chi connectivity index (χ1v) is 8.05. The number of ether oxygens (including phenoxy) is 1. The number of amides is 1. The van der Waals surface area contributed by atoms with Crippen molar-refractivity contribution in [1.82, 2.24) is 0 Å². The summed E-state index contributed by atoms with van der Waals surface area (Å²) in [6.45, 7) is 2.04. The molecule has 3 rings (SSSR count). The van der Waals surface area contributed by atoms with Crippen molar-refractivity contribution in [3.8, 4) is 0 Å². The Bertz CT molecular complexity index is 810. The van der Waals surface area contributed by atoms with Gasteiger partial charge in [0, 0.05) is 6.08 Å². The van der Waals surface area contributed by atoms with Crippen LogP contribution in [0.5, 0.6) is 0 Å². The molecule has 1 aromatic heterocycles. The third-order valence-electron chi connectivity index (χ3n) is 3.28. The van der Waals surface area contributed by atoms with Crippen LogP contribution in [0.25, 0.3) is 6.08 Å². The van der Waals surface area contributed by atoms with E-state index in [-0.39, 0.29) is 11.1 Å². The van der Waals surface area contributed by atoms with Gasteiger partial charge in [0.25, 0.3) is 5.91 Å². The molecule has 2 heterocycles. The number of benzene rings is 1. The van der Waals surface area contributed by atoms with Crippen molar-refractivity contribution in [2.45, 2.75) is 6.92 Å². The van der Waals surface area contributed by atoms with E-state index in [2.05, 4.69) is 0 Å². The third kappa shape index (κ3) is 3.11. The summed E-state index contributed by atoms with van der Waals surface area (Å²) in [6.07, 6.45) is 3.13. The van der Waals surface area contributed by atoms with Crippen molar-refractivity contribution in [2.75, 3.05) is 11.5 Å². The van der Waals surface area contributed by atoms with Gasteiger partial charge in [0.05, 0.1) is 29.0 Å². The molecule has 1 saturated heterocycles. The molecule has 0 saturated carbocycles.